The summed E-state index contributed by atoms with van der Waals surface area (Å²) in [5.41, 5.74) is 4.21. The van der Waals surface area contributed by atoms with E-state index in [1.165, 1.54) is 16.7 Å². The Bertz CT molecular complexity index is 363. The number of hydrogen-bond donors (Lipinski definition) is 0. The Kier molecular flexibility index (Phi) is 2.53. The third kappa shape index (κ3) is 1.65. The Morgan fingerprint density at radius 1 is 0.929 bits per heavy atom. The van der Waals surface area contributed by atoms with Crippen LogP contribution in [0.4, 0.5) is 0 Å². The number of hydrogen-bond acceptors (Lipinski definition) is 0. The molecule has 1 aliphatic carbocycles. The lowest BCUT2D eigenvalue weighted by atomic mass is 9.86. The molecule has 0 nitrogen and oxygen atoms in total. The highest BCUT2D eigenvalue weighted by atomic mass is 14.2. The molecule has 1 radical (unpaired) electrons. The van der Waals surface area contributed by atoms with Gasteiger partial charge in [0.05, 0.1) is 0 Å². The summed E-state index contributed by atoms with van der Waals surface area (Å²) < 4.78 is 0. The van der Waals surface area contributed by atoms with Crippen molar-refractivity contribution in [2.24, 2.45) is 0 Å². The van der Waals surface area contributed by atoms with Crippen molar-refractivity contribution in [1.29, 1.82) is 0 Å². The zero-order valence-electron chi connectivity index (χ0n) is 8.70. The lowest BCUT2D eigenvalue weighted by molar-refractivity contribution is 0.976. The Balaban J connectivity index is 2.40. The highest BCUT2D eigenvalue weighted by Gasteiger charge is 2.12. The van der Waals surface area contributed by atoms with Gasteiger partial charge in [0.25, 0.3) is 0 Å². The number of benzene rings is 1. The molecular weight excluding hydrogens is 168 g/mol. The van der Waals surface area contributed by atoms with Crippen LogP contribution in [0.3, 0.4) is 0 Å². The molecule has 1 aromatic rings. The van der Waals surface area contributed by atoms with Crippen molar-refractivity contribution in [2.75, 3.05) is 0 Å². The Morgan fingerprint density at radius 2 is 1.64 bits per heavy atom. The molecule has 14 heavy (non-hydrogen) atoms. The van der Waals surface area contributed by atoms with E-state index in [4.69, 9.17) is 0 Å². The smallest absolute Gasteiger partial charge is 0.00952 e. The first-order valence-corrected chi connectivity index (χ1v) is 5.03. The molecule has 0 bridgehead atoms. The monoisotopic (exact) mass is 183 g/mol. The number of allylic oxidation sites excluding steroid dienone is 4. The van der Waals surface area contributed by atoms with Gasteiger partial charge in [-0.3, -0.25) is 0 Å². The third-order valence-electron chi connectivity index (χ3n) is 2.73. The molecule has 0 heteroatoms. The van der Waals surface area contributed by atoms with E-state index >= 15 is 0 Å². The molecule has 71 valence electrons. The second-order valence-corrected chi connectivity index (χ2v) is 3.79. The van der Waals surface area contributed by atoms with Crippen molar-refractivity contribution in [2.45, 2.75) is 19.8 Å². The van der Waals surface area contributed by atoms with E-state index in [9.17, 15) is 0 Å². The molecule has 0 aliphatic heterocycles. The predicted octanol–water partition coefficient (Wildman–Crippen LogP) is 3.72. The minimum absolute atomic E-state index is 0.459. The molecule has 2 rings (SSSR count). The number of rotatable bonds is 1. The fourth-order valence-corrected chi connectivity index (χ4v) is 2.04. The maximum absolute atomic E-state index is 2.25. The summed E-state index contributed by atoms with van der Waals surface area (Å²) in [4.78, 5) is 0. The van der Waals surface area contributed by atoms with Crippen LogP contribution in [-0.2, 0) is 0 Å². The van der Waals surface area contributed by atoms with Crippen LogP contribution >= 0.6 is 0 Å². The molecule has 0 saturated heterocycles. The van der Waals surface area contributed by atoms with Gasteiger partial charge < -0.3 is 0 Å². The molecule has 0 N–H and O–H groups in total. The molecular formula is C14H15. The predicted molar refractivity (Wildman–Crippen MR) is 61.2 cm³/mol. The first-order chi connectivity index (χ1) is 6.79. The largest absolute Gasteiger partial charge is 0.0799 e. The maximum atomic E-state index is 2.25. The Hall–Kier alpha value is -1.30. The van der Waals surface area contributed by atoms with E-state index < -0.39 is 0 Å². The zero-order valence-corrected chi connectivity index (χ0v) is 8.70. The minimum Gasteiger partial charge on any atom is -0.0799 e. The van der Waals surface area contributed by atoms with Gasteiger partial charge in [-0.15, -0.1) is 0 Å². The summed E-state index contributed by atoms with van der Waals surface area (Å²) in [6.07, 6.45) is 10.8. The topological polar surface area (TPSA) is 0 Å². The Labute approximate surface area is 86.0 Å². The molecule has 1 aromatic carbocycles. The van der Waals surface area contributed by atoms with Gasteiger partial charge in [-0.05, 0) is 37.0 Å². The van der Waals surface area contributed by atoms with Crippen LogP contribution in [0.25, 0.3) is 0 Å². The molecule has 0 spiro atoms. The summed E-state index contributed by atoms with van der Waals surface area (Å²) in [5.74, 6) is 0.459. The van der Waals surface area contributed by atoms with Crippen LogP contribution in [0.2, 0.25) is 0 Å². The fourth-order valence-electron chi connectivity index (χ4n) is 2.04. The SMILES string of the molecule is Cc1cccc(C)c1C1[CH]C=CC=C1. The summed E-state index contributed by atoms with van der Waals surface area (Å²) in [6, 6.07) is 6.49. The second-order valence-electron chi connectivity index (χ2n) is 3.79. The average Bonchev–Trinajstić information content (AvgIpc) is 2.19. The van der Waals surface area contributed by atoms with Crippen LogP contribution in [0.1, 0.15) is 22.6 Å². The molecule has 1 atom stereocenters. The summed E-state index contributed by atoms with van der Waals surface area (Å²) in [5, 5.41) is 0. The van der Waals surface area contributed by atoms with Crippen LogP contribution in [0.5, 0.6) is 0 Å². The second kappa shape index (κ2) is 3.83. The van der Waals surface area contributed by atoms with Crippen molar-refractivity contribution in [1.82, 2.24) is 0 Å². The normalized spacial score (nSPS) is 20.0. The van der Waals surface area contributed by atoms with Crippen LogP contribution in [0.15, 0.2) is 42.5 Å². The van der Waals surface area contributed by atoms with Gasteiger partial charge in [-0.2, -0.15) is 0 Å². The van der Waals surface area contributed by atoms with Gasteiger partial charge in [0.2, 0.25) is 0 Å². The minimum atomic E-state index is 0.459. The highest BCUT2D eigenvalue weighted by Crippen LogP contribution is 2.28. The zero-order chi connectivity index (χ0) is 9.97. The van der Waals surface area contributed by atoms with E-state index in [0.29, 0.717) is 5.92 Å². The standard InChI is InChI=1S/C14H15/c1-11-7-6-8-12(2)14(11)13-9-4-3-5-10-13/h3-10,13H,1-2H3. The molecule has 0 fully saturated rings. The van der Waals surface area contributed by atoms with E-state index in [-0.39, 0.29) is 0 Å². The van der Waals surface area contributed by atoms with E-state index in [1.807, 2.05) is 0 Å². The molecule has 0 saturated carbocycles. The first-order valence-electron chi connectivity index (χ1n) is 5.03. The van der Waals surface area contributed by atoms with Crippen molar-refractivity contribution < 1.29 is 0 Å². The van der Waals surface area contributed by atoms with Crippen molar-refractivity contribution >= 4 is 0 Å². The third-order valence-corrected chi connectivity index (χ3v) is 2.73. The van der Waals surface area contributed by atoms with Gasteiger partial charge in [-0.1, -0.05) is 42.5 Å². The molecule has 0 heterocycles. The van der Waals surface area contributed by atoms with Gasteiger partial charge in [0.1, 0.15) is 0 Å². The fraction of sp³-hybridized carbons (Fsp3) is 0.214. The van der Waals surface area contributed by atoms with Crippen molar-refractivity contribution in [3.05, 3.63) is 65.6 Å². The van der Waals surface area contributed by atoms with Crippen LogP contribution < -0.4 is 0 Å². The highest BCUT2D eigenvalue weighted by molar-refractivity contribution is 5.43. The first kappa shape index (κ1) is 9.26. The molecule has 1 unspecified atom stereocenters. The van der Waals surface area contributed by atoms with Gasteiger partial charge >= 0.3 is 0 Å². The number of aryl methyl sites for hydroxylation is 2. The van der Waals surface area contributed by atoms with E-state index in [2.05, 4.69) is 62.8 Å². The quantitative estimate of drug-likeness (QED) is 0.622. The van der Waals surface area contributed by atoms with Crippen molar-refractivity contribution in [3.8, 4) is 0 Å². The molecule has 0 amide bonds. The average molecular weight is 183 g/mol. The molecule has 1 aliphatic rings. The maximum Gasteiger partial charge on any atom is 0.00952 e. The van der Waals surface area contributed by atoms with E-state index in [0.717, 1.165) is 0 Å². The van der Waals surface area contributed by atoms with Crippen LogP contribution in [0, 0.1) is 20.3 Å². The van der Waals surface area contributed by atoms with Crippen molar-refractivity contribution in [3.63, 3.8) is 0 Å². The lowest BCUT2D eigenvalue weighted by Gasteiger charge is -2.18. The van der Waals surface area contributed by atoms with Gasteiger partial charge in [-0.25, -0.2) is 0 Å². The van der Waals surface area contributed by atoms with Gasteiger partial charge in [0, 0.05) is 5.92 Å². The lowest BCUT2D eigenvalue weighted by Crippen LogP contribution is -2.02. The Morgan fingerprint density at radius 3 is 2.21 bits per heavy atom. The summed E-state index contributed by atoms with van der Waals surface area (Å²) in [6.45, 7) is 4.37. The van der Waals surface area contributed by atoms with Crippen LogP contribution in [-0.4, -0.2) is 0 Å². The summed E-state index contributed by atoms with van der Waals surface area (Å²) in [7, 11) is 0. The van der Waals surface area contributed by atoms with Gasteiger partial charge in [0.15, 0.2) is 0 Å². The van der Waals surface area contributed by atoms with E-state index in [1.54, 1.807) is 0 Å². The molecule has 0 aromatic heterocycles. The summed E-state index contributed by atoms with van der Waals surface area (Å²) >= 11 is 0.